The van der Waals surface area contributed by atoms with E-state index in [0.29, 0.717) is 0 Å². The molecule has 1 aromatic carbocycles. The second kappa shape index (κ2) is 6.71. The number of aromatic nitrogens is 2. The van der Waals surface area contributed by atoms with Gasteiger partial charge in [-0.05, 0) is 25.5 Å². The molecule has 2 rings (SSSR count). The minimum Gasteiger partial charge on any atom is -0.328 e. The molecule has 0 saturated carbocycles. The predicted molar refractivity (Wildman–Crippen MR) is 81.2 cm³/mol. The largest absolute Gasteiger partial charge is 0.328 e. The Labute approximate surface area is 115 Å². The quantitative estimate of drug-likeness (QED) is 0.773. The van der Waals surface area contributed by atoms with Gasteiger partial charge in [0.05, 0.1) is 11.0 Å². The van der Waals surface area contributed by atoms with Crippen molar-refractivity contribution in [2.24, 2.45) is 5.73 Å². The zero-order chi connectivity index (χ0) is 13.7. The fourth-order valence-electron chi connectivity index (χ4n) is 2.63. The van der Waals surface area contributed by atoms with Crippen LogP contribution >= 0.6 is 0 Å². The van der Waals surface area contributed by atoms with E-state index in [1.807, 2.05) is 6.07 Å². The standard InChI is InChI=1S/C16H25N3/c1-3-5-6-9-13(17)12-16-18-14-10-7-8-11-15(14)19(16)4-2/h7-8,10-11,13H,3-6,9,12,17H2,1-2H3. The zero-order valence-electron chi connectivity index (χ0n) is 12.1. The molecule has 0 aliphatic carbocycles. The van der Waals surface area contributed by atoms with Gasteiger partial charge in [0.1, 0.15) is 5.82 Å². The molecular weight excluding hydrogens is 234 g/mol. The van der Waals surface area contributed by atoms with Crippen molar-refractivity contribution in [2.45, 2.75) is 58.5 Å². The van der Waals surface area contributed by atoms with Gasteiger partial charge in [0.2, 0.25) is 0 Å². The Morgan fingerprint density at radius 2 is 2.00 bits per heavy atom. The summed E-state index contributed by atoms with van der Waals surface area (Å²) in [6.07, 6.45) is 5.73. The van der Waals surface area contributed by atoms with Gasteiger partial charge in [0.25, 0.3) is 0 Å². The highest BCUT2D eigenvalue weighted by molar-refractivity contribution is 5.75. The predicted octanol–water partition coefficient (Wildman–Crippen LogP) is 3.51. The van der Waals surface area contributed by atoms with E-state index in [9.17, 15) is 0 Å². The third kappa shape index (κ3) is 3.35. The van der Waals surface area contributed by atoms with E-state index in [-0.39, 0.29) is 6.04 Å². The van der Waals surface area contributed by atoms with E-state index in [0.717, 1.165) is 30.7 Å². The highest BCUT2D eigenvalue weighted by atomic mass is 15.1. The van der Waals surface area contributed by atoms with Crippen LogP contribution in [0.3, 0.4) is 0 Å². The SMILES string of the molecule is CCCCCC(N)Cc1nc2ccccc2n1CC. The van der Waals surface area contributed by atoms with Crippen molar-refractivity contribution in [1.82, 2.24) is 9.55 Å². The Hall–Kier alpha value is -1.35. The first-order valence-electron chi connectivity index (χ1n) is 7.46. The van der Waals surface area contributed by atoms with Crippen LogP contribution in [0, 0.1) is 0 Å². The van der Waals surface area contributed by atoms with Gasteiger partial charge in [0, 0.05) is 19.0 Å². The van der Waals surface area contributed by atoms with Crippen LogP contribution in [-0.2, 0) is 13.0 Å². The maximum Gasteiger partial charge on any atom is 0.111 e. The van der Waals surface area contributed by atoms with Gasteiger partial charge in [-0.25, -0.2) is 4.98 Å². The van der Waals surface area contributed by atoms with Crippen LogP contribution in [0.25, 0.3) is 11.0 Å². The van der Waals surface area contributed by atoms with Crippen LogP contribution < -0.4 is 5.73 Å². The number of hydrogen-bond acceptors (Lipinski definition) is 2. The van der Waals surface area contributed by atoms with Crippen molar-refractivity contribution >= 4 is 11.0 Å². The second-order valence-corrected chi connectivity index (χ2v) is 5.22. The average molecular weight is 259 g/mol. The molecule has 2 aromatic rings. The summed E-state index contributed by atoms with van der Waals surface area (Å²) in [5, 5.41) is 0. The highest BCUT2D eigenvalue weighted by Crippen LogP contribution is 2.17. The molecule has 2 N–H and O–H groups in total. The number of hydrogen-bond donors (Lipinski definition) is 1. The third-order valence-corrected chi connectivity index (χ3v) is 3.67. The molecule has 19 heavy (non-hydrogen) atoms. The second-order valence-electron chi connectivity index (χ2n) is 5.22. The molecule has 3 heteroatoms. The summed E-state index contributed by atoms with van der Waals surface area (Å²) in [7, 11) is 0. The first-order chi connectivity index (χ1) is 9.26. The van der Waals surface area contributed by atoms with Gasteiger partial charge < -0.3 is 10.3 Å². The van der Waals surface area contributed by atoms with Crippen LogP contribution in [0.15, 0.2) is 24.3 Å². The summed E-state index contributed by atoms with van der Waals surface area (Å²) in [5.41, 5.74) is 8.54. The lowest BCUT2D eigenvalue weighted by atomic mass is 10.1. The fourth-order valence-corrected chi connectivity index (χ4v) is 2.63. The minimum absolute atomic E-state index is 0.230. The van der Waals surface area contributed by atoms with Crippen molar-refractivity contribution in [1.29, 1.82) is 0 Å². The summed E-state index contributed by atoms with van der Waals surface area (Å²) in [4.78, 5) is 4.73. The molecule has 0 saturated heterocycles. The minimum atomic E-state index is 0.230. The number of para-hydroxylation sites is 2. The maximum absolute atomic E-state index is 6.24. The molecule has 0 fully saturated rings. The molecule has 0 spiro atoms. The van der Waals surface area contributed by atoms with E-state index in [2.05, 4.69) is 36.6 Å². The lowest BCUT2D eigenvalue weighted by Gasteiger charge is -2.12. The number of benzene rings is 1. The lowest BCUT2D eigenvalue weighted by Crippen LogP contribution is -2.24. The number of nitrogens with zero attached hydrogens (tertiary/aromatic N) is 2. The molecule has 104 valence electrons. The number of nitrogens with two attached hydrogens (primary N) is 1. The highest BCUT2D eigenvalue weighted by Gasteiger charge is 2.12. The van der Waals surface area contributed by atoms with E-state index in [4.69, 9.17) is 10.7 Å². The van der Waals surface area contributed by atoms with Crippen molar-refractivity contribution in [2.75, 3.05) is 0 Å². The molecule has 1 aromatic heterocycles. The van der Waals surface area contributed by atoms with E-state index in [1.165, 1.54) is 24.8 Å². The van der Waals surface area contributed by atoms with Gasteiger partial charge >= 0.3 is 0 Å². The number of rotatable bonds is 7. The summed E-state index contributed by atoms with van der Waals surface area (Å²) < 4.78 is 2.29. The molecule has 0 radical (unpaired) electrons. The number of unbranched alkanes of at least 4 members (excludes halogenated alkanes) is 2. The molecule has 1 heterocycles. The molecular formula is C16H25N3. The van der Waals surface area contributed by atoms with E-state index >= 15 is 0 Å². The summed E-state index contributed by atoms with van der Waals surface area (Å²) in [6.45, 7) is 5.35. The molecule has 3 nitrogen and oxygen atoms in total. The van der Waals surface area contributed by atoms with E-state index < -0.39 is 0 Å². The Morgan fingerprint density at radius 3 is 2.74 bits per heavy atom. The smallest absolute Gasteiger partial charge is 0.111 e. The molecule has 0 amide bonds. The monoisotopic (exact) mass is 259 g/mol. The Bertz CT molecular complexity index is 516. The lowest BCUT2D eigenvalue weighted by molar-refractivity contribution is 0.536. The number of aryl methyl sites for hydroxylation is 1. The normalized spacial score (nSPS) is 13.0. The van der Waals surface area contributed by atoms with Crippen LogP contribution in [0.2, 0.25) is 0 Å². The Balaban J connectivity index is 2.11. The summed E-state index contributed by atoms with van der Waals surface area (Å²) >= 11 is 0. The zero-order valence-corrected chi connectivity index (χ0v) is 12.1. The van der Waals surface area contributed by atoms with Crippen molar-refractivity contribution in [3.05, 3.63) is 30.1 Å². The van der Waals surface area contributed by atoms with E-state index in [1.54, 1.807) is 0 Å². The van der Waals surface area contributed by atoms with Crippen LogP contribution in [0.4, 0.5) is 0 Å². The topological polar surface area (TPSA) is 43.8 Å². The third-order valence-electron chi connectivity index (χ3n) is 3.67. The summed E-state index contributed by atoms with van der Waals surface area (Å²) in [5.74, 6) is 1.13. The first-order valence-corrected chi connectivity index (χ1v) is 7.46. The molecule has 1 unspecified atom stereocenters. The van der Waals surface area contributed by atoms with Crippen molar-refractivity contribution < 1.29 is 0 Å². The molecule has 0 bridgehead atoms. The number of fused-ring (bicyclic) bond motifs is 1. The first kappa shape index (κ1) is 14.1. The van der Waals surface area contributed by atoms with Crippen LogP contribution in [-0.4, -0.2) is 15.6 Å². The Kier molecular flexibility index (Phi) is 4.97. The van der Waals surface area contributed by atoms with Gasteiger partial charge in [-0.1, -0.05) is 38.3 Å². The van der Waals surface area contributed by atoms with Crippen LogP contribution in [0.1, 0.15) is 45.4 Å². The molecule has 0 aliphatic rings. The van der Waals surface area contributed by atoms with Gasteiger partial charge in [-0.3, -0.25) is 0 Å². The molecule has 1 atom stereocenters. The fraction of sp³-hybridized carbons (Fsp3) is 0.562. The van der Waals surface area contributed by atoms with Crippen molar-refractivity contribution in [3.63, 3.8) is 0 Å². The van der Waals surface area contributed by atoms with Crippen molar-refractivity contribution in [3.8, 4) is 0 Å². The van der Waals surface area contributed by atoms with Gasteiger partial charge in [-0.15, -0.1) is 0 Å². The van der Waals surface area contributed by atoms with Gasteiger partial charge in [0.15, 0.2) is 0 Å². The Morgan fingerprint density at radius 1 is 1.21 bits per heavy atom. The van der Waals surface area contributed by atoms with Crippen LogP contribution in [0.5, 0.6) is 0 Å². The molecule has 0 aliphatic heterocycles. The maximum atomic E-state index is 6.24. The average Bonchev–Trinajstić information content (AvgIpc) is 2.76. The van der Waals surface area contributed by atoms with Gasteiger partial charge in [-0.2, -0.15) is 0 Å². The summed E-state index contributed by atoms with van der Waals surface area (Å²) in [6, 6.07) is 8.56. The number of imidazole rings is 1.